The molecule has 4 aromatic carbocycles. The number of rotatable bonds is 10. The summed E-state index contributed by atoms with van der Waals surface area (Å²) >= 11 is 6.17. The van der Waals surface area contributed by atoms with Crippen molar-refractivity contribution in [3.8, 4) is 17.2 Å². The summed E-state index contributed by atoms with van der Waals surface area (Å²) in [5.74, 6) is -0.316. The van der Waals surface area contributed by atoms with E-state index in [0.29, 0.717) is 22.3 Å². The van der Waals surface area contributed by atoms with Gasteiger partial charge in [-0.15, -0.1) is 0 Å². The van der Waals surface area contributed by atoms with Crippen LogP contribution in [0.2, 0.25) is 5.02 Å². The summed E-state index contributed by atoms with van der Waals surface area (Å²) in [6.07, 6.45) is 0. The highest BCUT2D eigenvalue weighted by Crippen LogP contribution is 2.30. The molecule has 10 nitrogen and oxygen atoms in total. The van der Waals surface area contributed by atoms with Crippen LogP contribution in [0.1, 0.15) is 26.3 Å². The average Bonchev–Trinajstić information content (AvgIpc) is 2.99. The lowest BCUT2D eigenvalue weighted by molar-refractivity contribution is 0.0846. The Morgan fingerprint density at radius 1 is 0.732 bits per heavy atom. The van der Waals surface area contributed by atoms with Crippen LogP contribution < -0.4 is 29.8 Å². The second-order valence-electron chi connectivity index (χ2n) is 8.49. The smallest absolute Gasteiger partial charge is 0.269 e. The van der Waals surface area contributed by atoms with Gasteiger partial charge in [-0.05, 0) is 54.6 Å². The summed E-state index contributed by atoms with van der Waals surface area (Å²) in [5.41, 5.74) is 5.82. The molecule has 2 amide bonds. The molecule has 0 saturated carbocycles. The Kier molecular flexibility index (Phi) is 9.33. The summed E-state index contributed by atoms with van der Waals surface area (Å²) in [4.78, 5) is 25.3. The lowest BCUT2D eigenvalue weighted by Gasteiger charge is -2.14. The van der Waals surface area contributed by atoms with E-state index in [0.717, 1.165) is 5.56 Å². The van der Waals surface area contributed by atoms with Gasteiger partial charge in [-0.3, -0.25) is 25.2 Å². The zero-order chi connectivity index (χ0) is 29.4. The van der Waals surface area contributed by atoms with Crippen LogP contribution in [-0.2, 0) is 16.6 Å². The fraction of sp³-hybridized carbons (Fsp3) is 0.103. The quantitative estimate of drug-likeness (QED) is 0.224. The largest absolute Gasteiger partial charge is 0.495 e. The third kappa shape index (κ3) is 7.27. The summed E-state index contributed by atoms with van der Waals surface area (Å²) in [5, 5.41) is 0.564. The number of anilines is 1. The molecule has 0 aliphatic heterocycles. The molecule has 41 heavy (non-hydrogen) atoms. The van der Waals surface area contributed by atoms with Crippen LogP contribution in [0.25, 0.3) is 0 Å². The lowest BCUT2D eigenvalue weighted by Crippen LogP contribution is -2.41. The number of hydrogen-bond donors (Lipinski definition) is 3. The van der Waals surface area contributed by atoms with Crippen LogP contribution in [-0.4, -0.2) is 34.5 Å². The number of sulfonamides is 1. The van der Waals surface area contributed by atoms with E-state index in [1.165, 1.54) is 50.6 Å². The van der Waals surface area contributed by atoms with Crippen LogP contribution in [0.15, 0.2) is 95.9 Å². The van der Waals surface area contributed by atoms with Crippen molar-refractivity contribution in [3.05, 3.63) is 113 Å². The van der Waals surface area contributed by atoms with Gasteiger partial charge in [-0.2, -0.15) is 0 Å². The normalized spacial score (nSPS) is 10.8. The first-order chi connectivity index (χ1) is 19.7. The third-order valence-electron chi connectivity index (χ3n) is 5.81. The first-order valence-electron chi connectivity index (χ1n) is 12.1. The van der Waals surface area contributed by atoms with Crippen LogP contribution >= 0.6 is 11.6 Å². The van der Waals surface area contributed by atoms with Gasteiger partial charge >= 0.3 is 0 Å². The number of benzene rings is 4. The van der Waals surface area contributed by atoms with E-state index in [1.807, 2.05) is 18.2 Å². The second kappa shape index (κ2) is 13.1. The van der Waals surface area contributed by atoms with Gasteiger partial charge in [0, 0.05) is 21.7 Å². The molecule has 3 N–H and O–H groups in total. The topological polar surface area (TPSA) is 132 Å². The molecule has 0 spiro atoms. The van der Waals surface area contributed by atoms with Crippen molar-refractivity contribution < 1.29 is 32.2 Å². The Morgan fingerprint density at radius 3 is 2.10 bits per heavy atom. The van der Waals surface area contributed by atoms with Crippen molar-refractivity contribution in [2.75, 3.05) is 18.9 Å². The molecule has 0 saturated heterocycles. The minimum Gasteiger partial charge on any atom is -0.495 e. The van der Waals surface area contributed by atoms with E-state index < -0.39 is 21.8 Å². The molecular weight excluding hydrogens is 570 g/mol. The molecule has 0 aliphatic carbocycles. The summed E-state index contributed by atoms with van der Waals surface area (Å²) in [6, 6.07) is 23.7. The minimum absolute atomic E-state index is 0.00843. The second-order valence-corrected chi connectivity index (χ2v) is 10.6. The fourth-order valence-corrected chi connectivity index (χ4v) is 5.00. The Balaban J connectivity index is 1.40. The Bertz CT molecular complexity index is 1680. The summed E-state index contributed by atoms with van der Waals surface area (Å²) < 4.78 is 44.6. The number of carbonyl (C=O) groups excluding carboxylic acids is 2. The van der Waals surface area contributed by atoms with Gasteiger partial charge in [0.05, 0.1) is 24.8 Å². The third-order valence-corrected chi connectivity index (χ3v) is 7.55. The standard InChI is InChI=1S/C29H26ClN3O7S/c1-38-25-13-6-5-12-24(25)33-41(36,37)22-10-7-9-19(16-22)28(34)31-32-29(35)20-14-15-26(27(17-20)39-2)40-18-21-8-3-4-11-23(21)30/h3-17,33H,18H2,1-2H3,(H,31,34)(H,32,35). The van der Waals surface area contributed by atoms with Crippen molar-refractivity contribution in [2.24, 2.45) is 0 Å². The number of amides is 2. The molecule has 0 fully saturated rings. The SMILES string of the molecule is COc1ccccc1NS(=O)(=O)c1cccc(C(=O)NNC(=O)c2ccc(OCc3ccccc3Cl)c(OC)c2)c1. The molecule has 0 atom stereocenters. The molecule has 0 radical (unpaired) electrons. The maximum Gasteiger partial charge on any atom is 0.269 e. The zero-order valence-electron chi connectivity index (χ0n) is 22.0. The highest BCUT2D eigenvalue weighted by atomic mass is 35.5. The molecular formula is C29H26ClN3O7S. The molecule has 12 heteroatoms. The van der Waals surface area contributed by atoms with E-state index in [2.05, 4.69) is 15.6 Å². The van der Waals surface area contributed by atoms with Gasteiger partial charge in [0.25, 0.3) is 21.8 Å². The Morgan fingerprint density at radius 2 is 1.39 bits per heavy atom. The van der Waals surface area contributed by atoms with Crippen molar-refractivity contribution in [1.82, 2.24) is 10.9 Å². The molecule has 4 aromatic rings. The molecule has 212 valence electrons. The average molecular weight is 596 g/mol. The number of halogens is 1. The van der Waals surface area contributed by atoms with Crippen molar-refractivity contribution in [1.29, 1.82) is 0 Å². The van der Waals surface area contributed by atoms with Gasteiger partial charge < -0.3 is 14.2 Å². The van der Waals surface area contributed by atoms with E-state index in [9.17, 15) is 18.0 Å². The number of ether oxygens (including phenoxy) is 3. The van der Waals surface area contributed by atoms with E-state index in [-0.39, 0.29) is 28.3 Å². The molecule has 0 aliphatic rings. The first-order valence-corrected chi connectivity index (χ1v) is 14.0. The fourth-order valence-electron chi connectivity index (χ4n) is 3.69. The predicted molar refractivity (Wildman–Crippen MR) is 154 cm³/mol. The predicted octanol–water partition coefficient (Wildman–Crippen LogP) is 4.81. The molecule has 0 unspecified atom stereocenters. The van der Waals surface area contributed by atoms with Crippen LogP contribution in [0.4, 0.5) is 5.69 Å². The van der Waals surface area contributed by atoms with E-state index >= 15 is 0 Å². The molecule has 0 heterocycles. The zero-order valence-corrected chi connectivity index (χ0v) is 23.6. The van der Waals surface area contributed by atoms with E-state index in [4.69, 9.17) is 25.8 Å². The molecule has 4 rings (SSSR count). The highest BCUT2D eigenvalue weighted by molar-refractivity contribution is 7.92. The van der Waals surface area contributed by atoms with Crippen molar-refractivity contribution in [2.45, 2.75) is 11.5 Å². The van der Waals surface area contributed by atoms with Gasteiger partial charge in [0.2, 0.25) is 0 Å². The summed E-state index contributed by atoms with van der Waals surface area (Å²) in [7, 11) is -1.18. The van der Waals surface area contributed by atoms with Gasteiger partial charge in [-0.1, -0.05) is 48.0 Å². The Labute approximate surface area is 242 Å². The molecule has 0 bridgehead atoms. The van der Waals surface area contributed by atoms with Crippen molar-refractivity contribution >= 4 is 39.1 Å². The van der Waals surface area contributed by atoms with Crippen LogP contribution in [0.3, 0.4) is 0 Å². The monoisotopic (exact) mass is 595 g/mol. The van der Waals surface area contributed by atoms with Gasteiger partial charge in [0.1, 0.15) is 12.4 Å². The molecule has 0 aromatic heterocycles. The maximum absolute atomic E-state index is 12.9. The number of nitrogens with one attached hydrogen (secondary N) is 3. The number of para-hydroxylation sites is 2. The minimum atomic E-state index is -4.04. The Hall–Kier alpha value is -4.74. The lowest BCUT2D eigenvalue weighted by atomic mass is 10.2. The van der Waals surface area contributed by atoms with Crippen molar-refractivity contribution in [3.63, 3.8) is 0 Å². The van der Waals surface area contributed by atoms with Crippen LogP contribution in [0, 0.1) is 0 Å². The number of hydrogen-bond acceptors (Lipinski definition) is 7. The number of methoxy groups -OCH3 is 2. The highest BCUT2D eigenvalue weighted by Gasteiger charge is 2.19. The number of carbonyl (C=O) groups is 2. The first kappa shape index (κ1) is 29.2. The van der Waals surface area contributed by atoms with Gasteiger partial charge in [-0.25, -0.2) is 8.42 Å². The summed E-state index contributed by atoms with van der Waals surface area (Å²) in [6.45, 7) is 0.195. The number of hydrazine groups is 1. The van der Waals surface area contributed by atoms with E-state index in [1.54, 1.807) is 36.4 Å². The van der Waals surface area contributed by atoms with Gasteiger partial charge in [0.15, 0.2) is 11.5 Å². The van der Waals surface area contributed by atoms with Crippen LogP contribution in [0.5, 0.6) is 17.2 Å². The maximum atomic E-state index is 12.9.